The number of carboxylic acid groups (broad SMARTS) is 2. The van der Waals surface area contributed by atoms with Crippen LogP contribution >= 0.6 is 22.6 Å². The summed E-state index contributed by atoms with van der Waals surface area (Å²) >= 11 is 2.05. The summed E-state index contributed by atoms with van der Waals surface area (Å²) in [4.78, 5) is 36.5. The maximum absolute atomic E-state index is 11.8. The van der Waals surface area contributed by atoms with Crippen LogP contribution in [0.25, 0.3) is 11.1 Å². The van der Waals surface area contributed by atoms with E-state index >= 15 is 0 Å². The summed E-state index contributed by atoms with van der Waals surface area (Å²) in [5.74, 6) is -3.32. The van der Waals surface area contributed by atoms with Crippen molar-refractivity contribution in [3.63, 3.8) is 0 Å². The third-order valence-electron chi connectivity index (χ3n) is 2.81. The number of pyridine rings is 1. The minimum Gasteiger partial charge on any atom is -0.478 e. The molecule has 2 aromatic rings. The van der Waals surface area contributed by atoms with Gasteiger partial charge in [-0.25, -0.2) is 9.59 Å². The Balaban J connectivity index is 2.95. The normalized spacial score (nSPS) is 10.3. The maximum Gasteiger partial charge on any atom is 0.342 e. The minimum atomic E-state index is -1.52. The Labute approximate surface area is 131 Å². The van der Waals surface area contributed by atoms with E-state index in [-0.39, 0.29) is 11.4 Å². The highest BCUT2D eigenvalue weighted by Gasteiger charge is 2.26. The molecule has 1 aromatic heterocycles. The lowest BCUT2D eigenvalue weighted by Gasteiger charge is -2.12. The Morgan fingerprint density at radius 1 is 1.05 bits per heavy atom. The lowest BCUT2D eigenvalue weighted by molar-refractivity contribution is 0.0695. The van der Waals surface area contributed by atoms with Gasteiger partial charge in [0.2, 0.25) is 0 Å². The van der Waals surface area contributed by atoms with Gasteiger partial charge in [0.15, 0.2) is 0 Å². The van der Waals surface area contributed by atoms with E-state index in [9.17, 15) is 24.6 Å². The summed E-state index contributed by atoms with van der Waals surface area (Å²) < 4.78 is 0.878. The lowest BCUT2D eigenvalue weighted by Crippen LogP contribution is -2.24. The predicted molar refractivity (Wildman–Crippen MR) is 83.5 cm³/mol. The third-order valence-corrected chi connectivity index (χ3v) is 3.52. The second-order valence-corrected chi connectivity index (χ2v) is 5.36. The topological polar surface area (TPSA) is 133 Å². The van der Waals surface area contributed by atoms with Gasteiger partial charge in [0.25, 0.3) is 5.56 Å². The molecule has 1 aromatic carbocycles. The molecular weight excluding hydrogens is 391 g/mol. The van der Waals surface area contributed by atoms with Gasteiger partial charge in [-0.15, -0.1) is 0 Å². The molecule has 0 unspecified atom stereocenters. The maximum atomic E-state index is 11.8. The zero-order chi connectivity index (χ0) is 15.7. The number of H-pyrrole nitrogens is 1. The summed E-state index contributed by atoms with van der Waals surface area (Å²) in [6.45, 7) is 0. The first-order valence-electron chi connectivity index (χ1n) is 5.61. The van der Waals surface area contributed by atoms with E-state index in [1.165, 1.54) is 12.1 Å². The molecule has 2 rings (SSSR count). The second kappa shape index (κ2) is 5.56. The Hall–Kier alpha value is -2.36. The van der Waals surface area contributed by atoms with Crippen LogP contribution in [0.15, 0.2) is 29.1 Å². The molecule has 5 N–H and O–H groups in total. The Morgan fingerprint density at radius 2 is 1.57 bits per heavy atom. The lowest BCUT2D eigenvalue weighted by atomic mass is 9.95. The van der Waals surface area contributed by atoms with Crippen molar-refractivity contribution in [2.75, 3.05) is 5.73 Å². The fraction of sp³-hybridized carbons (Fsp3) is 0. The van der Waals surface area contributed by atoms with E-state index in [4.69, 9.17) is 5.73 Å². The van der Waals surface area contributed by atoms with Gasteiger partial charge in [-0.05, 0) is 40.3 Å². The van der Waals surface area contributed by atoms with Gasteiger partial charge in [0, 0.05) is 9.13 Å². The number of aromatic nitrogens is 1. The molecule has 0 aliphatic carbocycles. The molecule has 0 saturated carbocycles. The molecule has 1 heterocycles. The van der Waals surface area contributed by atoms with E-state index in [0.29, 0.717) is 5.56 Å². The highest BCUT2D eigenvalue weighted by Crippen LogP contribution is 2.29. The molecule has 0 spiro atoms. The zero-order valence-corrected chi connectivity index (χ0v) is 12.5. The number of benzene rings is 1. The monoisotopic (exact) mass is 400 g/mol. The van der Waals surface area contributed by atoms with Crippen LogP contribution < -0.4 is 11.3 Å². The number of carboxylic acids is 2. The van der Waals surface area contributed by atoms with Crippen LogP contribution in [0, 0.1) is 3.57 Å². The van der Waals surface area contributed by atoms with Crippen molar-refractivity contribution >= 4 is 40.3 Å². The average molecular weight is 400 g/mol. The molecule has 0 aliphatic heterocycles. The Bertz CT molecular complexity index is 795. The van der Waals surface area contributed by atoms with Crippen molar-refractivity contribution in [3.8, 4) is 11.1 Å². The van der Waals surface area contributed by atoms with Gasteiger partial charge in [-0.3, -0.25) is 4.79 Å². The molecule has 108 valence electrons. The number of anilines is 1. The van der Waals surface area contributed by atoms with Gasteiger partial charge in [-0.1, -0.05) is 12.1 Å². The number of aromatic amines is 1. The van der Waals surface area contributed by atoms with E-state index in [0.717, 1.165) is 3.57 Å². The van der Waals surface area contributed by atoms with Gasteiger partial charge in [0.1, 0.15) is 16.9 Å². The molecule has 0 radical (unpaired) electrons. The molecule has 8 heteroatoms. The SMILES string of the molecule is Nc1[nH]c(=O)c(C(=O)O)c(-c2ccc(I)cc2)c1C(=O)O. The van der Waals surface area contributed by atoms with Crippen LogP contribution in [0.4, 0.5) is 5.82 Å². The summed E-state index contributed by atoms with van der Waals surface area (Å²) in [6.07, 6.45) is 0. The number of nitrogen functional groups attached to an aromatic ring is 1. The van der Waals surface area contributed by atoms with Crippen LogP contribution in [0.3, 0.4) is 0 Å². The van der Waals surface area contributed by atoms with E-state index in [2.05, 4.69) is 4.98 Å². The summed E-state index contributed by atoms with van der Waals surface area (Å²) in [6, 6.07) is 6.42. The second-order valence-electron chi connectivity index (χ2n) is 4.11. The Morgan fingerprint density at radius 3 is 2.05 bits per heavy atom. The van der Waals surface area contributed by atoms with Gasteiger partial charge in [0.05, 0.1) is 0 Å². The average Bonchev–Trinajstić information content (AvgIpc) is 2.37. The zero-order valence-electron chi connectivity index (χ0n) is 10.4. The van der Waals surface area contributed by atoms with Crippen LogP contribution in [-0.2, 0) is 0 Å². The number of rotatable bonds is 3. The van der Waals surface area contributed by atoms with Crippen molar-refractivity contribution in [1.29, 1.82) is 0 Å². The Kier molecular flexibility index (Phi) is 3.98. The van der Waals surface area contributed by atoms with E-state index < -0.39 is 28.6 Å². The highest BCUT2D eigenvalue weighted by molar-refractivity contribution is 14.1. The number of nitrogens with one attached hydrogen (secondary N) is 1. The van der Waals surface area contributed by atoms with Crippen molar-refractivity contribution in [2.24, 2.45) is 0 Å². The molecule has 0 atom stereocenters. The highest BCUT2D eigenvalue weighted by atomic mass is 127. The number of hydrogen-bond acceptors (Lipinski definition) is 4. The quantitative estimate of drug-likeness (QED) is 0.579. The fourth-order valence-electron chi connectivity index (χ4n) is 1.95. The van der Waals surface area contributed by atoms with E-state index in [1.807, 2.05) is 22.6 Å². The molecule has 21 heavy (non-hydrogen) atoms. The summed E-state index contributed by atoms with van der Waals surface area (Å²) in [5, 5.41) is 18.5. The summed E-state index contributed by atoms with van der Waals surface area (Å²) in [5.41, 5.74) is 3.59. The molecule has 0 bridgehead atoms. The molecule has 0 fully saturated rings. The molecule has 0 aliphatic rings. The standard InChI is InChI=1S/C13H9IN2O5/c14-6-3-1-5(2-4-6)7-8(12(18)19)10(15)16-11(17)9(7)13(20)21/h1-4H,(H,18,19)(H,20,21)(H3,15,16,17). The number of hydrogen-bond donors (Lipinski definition) is 4. The molecule has 0 amide bonds. The first-order chi connectivity index (χ1) is 9.82. The van der Waals surface area contributed by atoms with Crippen LogP contribution in [0.5, 0.6) is 0 Å². The third kappa shape index (κ3) is 2.75. The molecular formula is C13H9IN2O5. The molecule has 0 saturated heterocycles. The number of aromatic carboxylic acids is 2. The van der Waals surface area contributed by atoms with Crippen LogP contribution in [0.1, 0.15) is 20.7 Å². The predicted octanol–water partition coefficient (Wildman–Crippen LogP) is 1.63. The van der Waals surface area contributed by atoms with Gasteiger partial charge < -0.3 is 20.9 Å². The van der Waals surface area contributed by atoms with Crippen LogP contribution in [0.2, 0.25) is 0 Å². The summed E-state index contributed by atoms with van der Waals surface area (Å²) in [7, 11) is 0. The number of nitrogens with two attached hydrogens (primary N) is 1. The largest absolute Gasteiger partial charge is 0.478 e. The first kappa shape index (κ1) is 15.0. The number of carbonyl (C=O) groups is 2. The van der Waals surface area contributed by atoms with Gasteiger partial charge >= 0.3 is 11.9 Å². The minimum absolute atomic E-state index is 0.201. The fourth-order valence-corrected chi connectivity index (χ4v) is 2.31. The van der Waals surface area contributed by atoms with Crippen molar-refractivity contribution in [1.82, 2.24) is 4.98 Å². The molecule has 7 nitrogen and oxygen atoms in total. The van der Waals surface area contributed by atoms with Crippen molar-refractivity contribution in [2.45, 2.75) is 0 Å². The van der Waals surface area contributed by atoms with Crippen molar-refractivity contribution < 1.29 is 19.8 Å². The smallest absolute Gasteiger partial charge is 0.342 e. The van der Waals surface area contributed by atoms with Crippen molar-refractivity contribution in [3.05, 3.63) is 49.3 Å². The number of halogens is 1. The van der Waals surface area contributed by atoms with Gasteiger partial charge in [-0.2, -0.15) is 0 Å². The first-order valence-corrected chi connectivity index (χ1v) is 6.69. The van der Waals surface area contributed by atoms with E-state index in [1.54, 1.807) is 12.1 Å². The van der Waals surface area contributed by atoms with Crippen LogP contribution in [-0.4, -0.2) is 27.1 Å².